The Morgan fingerprint density at radius 1 is 1.30 bits per heavy atom. The van der Waals surface area contributed by atoms with Crippen LogP contribution in [0.5, 0.6) is 0 Å². The third-order valence-corrected chi connectivity index (χ3v) is 4.01. The van der Waals surface area contributed by atoms with E-state index < -0.39 is 0 Å². The van der Waals surface area contributed by atoms with Crippen LogP contribution in [-0.2, 0) is 13.6 Å². The van der Waals surface area contributed by atoms with Gasteiger partial charge in [-0.1, -0.05) is 27.2 Å². The van der Waals surface area contributed by atoms with Gasteiger partial charge in [0.15, 0.2) is 0 Å². The number of anilines is 1. The van der Waals surface area contributed by atoms with Crippen molar-refractivity contribution in [1.29, 1.82) is 0 Å². The van der Waals surface area contributed by atoms with Crippen molar-refractivity contribution in [3.05, 3.63) is 11.3 Å². The molecule has 0 saturated carbocycles. The average molecular weight is 280 g/mol. The lowest BCUT2D eigenvalue weighted by Crippen LogP contribution is -2.36. The summed E-state index contributed by atoms with van der Waals surface area (Å²) in [5.41, 5.74) is 2.50. The molecule has 1 rings (SSSR count). The molecule has 0 aliphatic heterocycles. The zero-order valence-corrected chi connectivity index (χ0v) is 14.2. The van der Waals surface area contributed by atoms with E-state index in [2.05, 4.69) is 61.7 Å². The minimum atomic E-state index is 0.553. The normalized spacial score (nSPS) is 12.7. The van der Waals surface area contributed by atoms with Gasteiger partial charge < -0.3 is 10.2 Å². The molecule has 1 unspecified atom stereocenters. The largest absolute Gasteiger partial charge is 0.354 e. The average Bonchev–Trinajstić information content (AvgIpc) is 2.71. The maximum atomic E-state index is 4.64. The third-order valence-electron chi connectivity index (χ3n) is 4.01. The molecule has 0 amide bonds. The minimum Gasteiger partial charge on any atom is -0.354 e. The predicted octanol–water partition coefficient (Wildman–Crippen LogP) is 3.24. The molecule has 4 heteroatoms. The van der Waals surface area contributed by atoms with Crippen molar-refractivity contribution in [2.45, 2.75) is 66.5 Å². The fourth-order valence-electron chi connectivity index (χ4n) is 2.59. The summed E-state index contributed by atoms with van der Waals surface area (Å²) >= 11 is 0. The topological polar surface area (TPSA) is 33.1 Å². The smallest absolute Gasteiger partial charge is 0.131 e. The van der Waals surface area contributed by atoms with E-state index in [0.717, 1.165) is 31.7 Å². The first-order valence-corrected chi connectivity index (χ1v) is 8.06. The fraction of sp³-hybridized carbons (Fsp3) is 0.812. The molecule has 1 heterocycles. The Labute approximate surface area is 124 Å². The molecule has 1 N–H and O–H groups in total. The molecule has 0 fully saturated rings. The second-order valence-corrected chi connectivity index (χ2v) is 5.60. The molecule has 0 saturated heterocycles. The van der Waals surface area contributed by atoms with E-state index in [9.17, 15) is 0 Å². The summed E-state index contributed by atoms with van der Waals surface area (Å²) in [7, 11) is 2.07. The highest BCUT2D eigenvalue weighted by Gasteiger charge is 2.21. The lowest BCUT2D eigenvalue weighted by atomic mass is 10.1. The van der Waals surface area contributed by atoms with E-state index in [1.54, 1.807) is 0 Å². The molecule has 116 valence electrons. The molecule has 0 radical (unpaired) electrons. The fourth-order valence-corrected chi connectivity index (χ4v) is 2.59. The van der Waals surface area contributed by atoms with Crippen LogP contribution in [0.15, 0.2) is 0 Å². The maximum Gasteiger partial charge on any atom is 0.131 e. The molecule has 1 aromatic heterocycles. The van der Waals surface area contributed by atoms with E-state index in [4.69, 9.17) is 0 Å². The van der Waals surface area contributed by atoms with Crippen molar-refractivity contribution in [2.24, 2.45) is 7.05 Å². The van der Waals surface area contributed by atoms with Crippen LogP contribution in [0.1, 0.15) is 58.2 Å². The predicted molar refractivity (Wildman–Crippen MR) is 87.3 cm³/mol. The molecule has 0 spiro atoms. The summed E-state index contributed by atoms with van der Waals surface area (Å²) in [4.78, 5) is 2.54. The Hall–Kier alpha value is -1.03. The van der Waals surface area contributed by atoms with Gasteiger partial charge in [-0.05, 0) is 33.2 Å². The van der Waals surface area contributed by atoms with E-state index in [1.165, 1.54) is 24.2 Å². The Morgan fingerprint density at radius 2 is 2.00 bits per heavy atom. The van der Waals surface area contributed by atoms with Gasteiger partial charge in [-0.25, -0.2) is 0 Å². The Bertz CT molecular complexity index is 397. The van der Waals surface area contributed by atoms with E-state index >= 15 is 0 Å². The van der Waals surface area contributed by atoms with E-state index in [1.807, 2.05) is 0 Å². The van der Waals surface area contributed by atoms with Crippen LogP contribution < -0.4 is 10.2 Å². The summed E-state index contributed by atoms with van der Waals surface area (Å²) in [5.74, 6) is 1.30. The molecule has 4 nitrogen and oxygen atoms in total. The highest BCUT2D eigenvalue weighted by atomic mass is 15.4. The van der Waals surface area contributed by atoms with Crippen LogP contribution in [0.3, 0.4) is 0 Å². The molecule has 0 aliphatic carbocycles. The molecule has 0 aromatic carbocycles. The van der Waals surface area contributed by atoms with Gasteiger partial charge in [-0.15, -0.1) is 0 Å². The second-order valence-electron chi connectivity index (χ2n) is 5.60. The first-order chi connectivity index (χ1) is 9.56. The number of nitrogens with zero attached hydrogens (tertiary/aromatic N) is 3. The van der Waals surface area contributed by atoms with E-state index in [-0.39, 0.29) is 0 Å². The van der Waals surface area contributed by atoms with Crippen molar-refractivity contribution in [3.8, 4) is 0 Å². The number of hydrogen-bond donors (Lipinski definition) is 1. The highest BCUT2D eigenvalue weighted by Crippen LogP contribution is 2.26. The zero-order chi connectivity index (χ0) is 15.1. The van der Waals surface area contributed by atoms with Crippen molar-refractivity contribution in [2.75, 3.05) is 18.0 Å². The lowest BCUT2D eigenvalue weighted by molar-refractivity contribution is 0.568. The van der Waals surface area contributed by atoms with E-state index in [0.29, 0.717) is 6.04 Å². The van der Waals surface area contributed by atoms with Crippen molar-refractivity contribution in [1.82, 2.24) is 15.1 Å². The highest BCUT2D eigenvalue weighted by molar-refractivity contribution is 5.51. The number of hydrogen-bond acceptors (Lipinski definition) is 3. The number of aryl methyl sites for hydroxylation is 2. The van der Waals surface area contributed by atoms with Gasteiger partial charge in [0, 0.05) is 31.7 Å². The summed E-state index contributed by atoms with van der Waals surface area (Å²) in [6.07, 6.45) is 3.62. The first-order valence-electron chi connectivity index (χ1n) is 8.06. The van der Waals surface area contributed by atoms with Gasteiger partial charge in [-0.2, -0.15) is 5.10 Å². The van der Waals surface area contributed by atoms with Crippen LogP contribution in [-0.4, -0.2) is 28.9 Å². The number of unbranched alkanes of at least 4 members (excludes halogenated alkanes) is 1. The standard InChI is InChI=1S/C16H32N4/c1-7-10-11-20(13(4)8-2)16-15(12-17-9-3)14(5)18-19(16)6/h13,17H,7-12H2,1-6H3. The monoisotopic (exact) mass is 280 g/mol. The lowest BCUT2D eigenvalue weighted by Gasteiger charge is -2.31. The molecule has 1 aromatic rings. The first kappa shape index (κ1) is 17.0. The van der Waals surface area contributed by atoms with Crippen LogP contribution in [0.4, 0.5) is 5.82 Å². The second kappa shape index (κ2) is 8.30. The van der Waals surface area contributed by atoms with Gasteiger partial charge in [0.1, 0.15) is 5.82 Å². The molecular weight excluding hydrogens is 248 g/mol. The number of rotatable bonds is 9. The van der Waals surface area contributed by atoms with Gasteiger partial charge in [0.2, 0.25) is 0 Å². The van der Waals surface area contributed by atoms with Crippen LogP contribution in [0.2, 0.25) is 0 Å². The summed E-state index contributed by atoms with van der Waals surface area (Å²) in [5, 5.41) is 8.09. The summed E-state index contributed by atoms with van der Waals surface area (Å²) in [6, 6.07) is 0.553. The van der Waals surface area contributed by atoms with Gasteiger partial charge in [0.05, 0.1) is 5.69 Å². The van der Waals surface area contributed by atoms with Crippen molar-refractivity contribution in [3.63, 3.8) is 0 Å². The Balaban J connectivity index is 3.09. The van der Waals surface area contributed by atoms with Gasteiger partial charge in [-0.3, -0.25) is 4.68 Å². The van der Waals surface area contributed by atoms with Crippen LogP contribution in [0.25, 0.3) is 0 Å². The molecule has 20 heavy (non-hydrogen) atoms. The maximum absolute atomic E-state index is 4.64. The molecule has 0 bridgehead atoms. The summed E-state index contributed by atoms with van der Waals surface area (Å²) < 4.78 is 2.06. The third kappa shape index (κ3) is 3.98. The SMILES string of the molecule is CCCCN(c1c(CNCC)c(C)nn1C)C(C)CC. The van der Waals surface area contributed by atoms with Crippen molar-refractivity contribution >= 4 is 5.82 Å². The quantitative estimate of drug-likeness (QED) is 0.754. The zero-order valence-electron chi connectivity index (χ0n) is 14.2. The Morgan fingerprint density at radius 3 is 2.55 bits per heavy atom. The van der Waals surface area contributed by atoms with Gasteiger partial charge in [0.25, 0.3) is 0 Å². The Kier molecular flexibility index (Phi) is 7.06. The summed E-state index contributed by atoms with van der Waals surface area (Å²) in [6.45, 7) is 14.1. The number of nitrogens with one attached hydrogen (secondary N) is 1. The molecular formula is C16H32N4. The van der Waals surface area contributed by atoms with Crippen molar-refractivity contribution < 1.29 is 0 Å². The molecule has 0 aliphatic rings. The number of aromatic nitrogens is 2. The molecule has 1 atom stereocenters. The minimum absolute atomic E-state index is 0.553. The van der Waals surface area contributed by atoms with Gasteiger partial charge >= 0.3 is 0 Å². The van der Waals surface area contributed by atoms with Crippen LogP contribution >= 0.6 is 0 Å². The van der Waals surface area contributed by atoms with Crippen LogP contribution in [0, 0.1) is 6.92 Å².